The monoisotopic (exact) mass is 316 g/mol. The number of piperidine rings is 1. The van der Waals surface area contributed by atoms with Crippen LogP contribution in [-0.4, -0.2) is 25.0 Å². The molecule has 0 aromatic rings. The fraction of sp³-hybridized carbons (Fsp3) is 0.941. The molecule has 1 saturated heterocycles. The first kappa shape index (κ1) is 18.8. The van der Waals surface area contributed by atoms with Crippen LogP contribution in [-0.2, 0) is 4.79 Å². The average Bonchev–Trinajstić information content (AvgIpc) is 2.42. The van der Waals surface area contributed by atoms with Gasteiger partial charge in [-0.15, -0.1) is 12.4 Å². The average molecular weight is 317 g/mol. The van der Waals surface area contributed by atoms with E-state index in [-0.39, 0.29) is 12.4 Å². The van der Waals surface area contributed by atoms with E-state index in [1.165, 1.54) is 51.4 Å². The normalized spacial score (nSPS) is 21.2. The highest BCUT2D eigenvalue weighted by Crippen LogP contribution is 2.31. The zero-order valence-electron chi connectivity index (χ0n) is 13.5. The van der Waals surface area contributed by atoms with Gasteiger partial charge in [-0.25, -0.2) is 0 Å². The van der Waals surface area contributed by atoms with Gasteiger partial charge < -0.3 is 10.6 Å². The maximum atomic E-state index is 12.2. The van der Waals surface area contributed by atoms with E-state index in [1.54, 1.807) is 0 Å². The lowest BCUT2D eigenvalue weighted by molar-refractivity contribution is -0.122. The number of halogens is 1. The van der Waals surface area contributed by atoms with E-state index in [2.05, 4.69) is 17.6 Å². The van der Waals surface area contributed by atoms with E-state index in [0.717, 1.165) is 37.8 Å². The number of carbonyl (C=O) groups is 1. The molecule has 2 aliphatic rings. The van der Waals surface area contributed by atoms with Gasteiger partial charge in [-0.2, -0.15) is 0 Å². The molecule has 0 aromatic carbocycles. The summed E-state index contributed by atoms with van der Waals surface area (Å²) in [5.41, 5.74) is 0. The van der Waals surface area contributed by atoms with Crippen molar-refractivity contribution in [3.63, 3.8) is 0 Å². The molecule has 1 aliphatic heterocycles. The van der Waals surface area contributed by atoms with E-state index in [9.17, 15) is 4.79 Å². The van der Waals surface area contributed by atoms with Crippen LogP contribution in [0.2, 0.25) is 0 Å². The van der Waals surface area contributed by atoms with Crippen LogP contribution < -0.4 is 10.6 Å². The third-order valence-electron chi connectivity index (χ3n) is 5.17. The lowest BCUT2D eigenvalue weighted by atomic mass is 9.78. The first-order valence-electron chi connectivity index (χ1n) is 8.79. The molecule has 21 heavy (non-hydrogen) atoms. The number of carbonyl (C=O) groups excluding carboxylic acids is 1. The van der Waals surface area contributed by atoms with E-state index >= 15 is 0 Å². The van der Waals surface area contributed by atoms with Crippen LogP contribution in [0.3, 0.4) is 0 Å². The van der Waals surface area contributed by atoms with Gasteiger partial charge in [0.15, 0.2) is 0 Å². The van der Waals surface area contributed by atoms with Crippen LogP contribution in [0, 0.1) is 11.8 Å². The van der Waals surface area contributed by atoms with Crippen LogP contribution in [0.25, 0.3) is 0 Å². The second-order valence-electron chi connectivity index (χ2n) is 6.74. The van der Waals surface area contributed by atoms with Gasteiger partial charge in [0, 0.05) is 12.5 Å². The molecule has 2 rings (SSSR count). The van der Waals surface area contributed by atoms with Crippen LogP contribution in [0.5, 0.6) is 0 Å². The van der Waals surface area contributed by atoms with Gasteiger partial charge in [-0.05, 0) is 63.5 Å². The third kappa shape index (κ3) is 6.56. The summed E-state index contributed by atoms with van der Waals surface area (Å²) in [5, 5.41) is 6.73. The topological polar surface area (TPSA) is 41.1 Å². The number of rotatable bonds is 8. The molecule has 3 nitrogen and oxygen atoms in total. The number of unbranched alkanes of at least 4 members (excludes halogenated alkanes) is 1. The number of hydrogen-bond donors (Lipinski definition) is 2. The van der Waals surface area contributed by atoms with Crippen LogP contribution in [0.15, 0.2) is 0 Å². The van der Waals surface area contributed by atoms with Crippen LogP contribution in [0.1, 0.15) is 71.1 Å². The first-order chi connectivity index (χ1) is 9.79. The van der Waals surface area contributed by atoms with Crippen molar-refractivity contribution < 1.29 is 4.79 Å². The van der Waals surface area contributed by atoms with E-state index in [1.807, 2.05) is 0 Å². The highest BCUT2D eigenvalue weighted by atomic mass is 35.5. The summed E-state index contributed by atoms with van der Waals surface area (Å²) >= 11 is 0. The molecule has 2 fully saturated rings. The van der Waals surface area contributed by atoms with Crippen molar-refractivity contribution in [1.29, 1.82) is 0 Å². The predicted molar refractivity (Wildman–Crippen MR) is 90.9 cm³/mol. The van der Waals surface area contributed by atoms with Gasteiger partial charge in [0.1, 0.15) is 0 Å². The second kappa shape index (κ2) is 10.4. The summed E-state index contributed by atoms with van der Waals surface area (Å²) < 4.78 is 0. The Kier molecular flexibility index (Phi) is 9.34. The molecule has 0 bridgehead atoms. The Morgan fingerprint density at radius 1 is 1.24 bits per heavy atom. The Labute approximate surface area is 136 Å². The minimum Gasteiger partial charge on any atom is -0.353 e. The van der Waals surface area contributed by atoms with Crippen molar-refractivity contribution in [2.45, 2.75) is 77.2 Å². The molecular formula is C17H33ClN2O. The summed E-state index contributed by atoms with van der Waals surface area (Å²) in [6.07, 6.45) is 12.0. The smallest absolute Gasteiger partial charge is 0.220 e. The van der Waals surface area contributed by atoms with E-state index < -0.39 is 0 Å². The molecule has 0 spiro atoms. The molecule has 1 unspecified atom stereocenters. The minimum absolute atomic E-state index is 0. The quantitative estimate of drug-likeness (QED) is 0.717. The van der Waals surface area contributed by atoms with Crippen molar-refractivity contribution in [3.8, 4) is 0 Å². The number of amides is 1. The summed E-state index contributed by atoms with van der Waals surface area (Å²) in [6, 6.07) is 0.462. The largest absolute Gasteiger partial charge is 0.353 e. The van der Waals surface area contributed by atoms with Crippen molar-refractivity contribution in [3.05, 3.63) is 0 Å². The molecule has 4 heteroatoms. The Morgan fingerprint density at radius 2 is 1.95 bits per heavy atom. The van der Waals surface area contributed by atoms with Gasteiger partial charge in [-0.1, -0.05) is 26.2 Å². The molecule has 1 atom stereocenters. The van der Waals surface area contributed by atoms with Crippen molar-refractivity contribution in [1.82, 2.24) is 10.6 Å². The van der Waals surface area contributed by atoms with E-state index in [4.69, 9.17) is 0 Å². The zero-order chi connectivity index (χ0) is 14.2. The summed E-state index contributed by atoms with van der Waals surface area (Å²) in [4.78, 5) is 12.2. The first-order valence-corrected chi connectivity index (χ1v) is 8.79. The minimum atomic E-state index is 0. The fourth-order valence-corrected chi connectivity index (χ4v) is 3.48. The van der Waals surface area contributed by atoms with Crippen LogP contribution >= 0.6 is 12.4 Å². The Bertz CT molecular complexity index is 289. The molecule has 0 radical (unpaired) electrons. The lowest BCUT2D eigenvalue weighted by Crippen LogP contribution is -2.43. The fourth-order valence-electron chi connectivity index (χ4n) is 3.48. The highest BCUT2D eigenvalue weighted by molar-refractivity contribution is 5.85. The van der Waals surface area contributed by atoms with Gasteiger partial charge in [0.25, 0.3) is 0 Å². The van der Waals surface area contributed by atoms with E-state index in [0.29, 0.717) is 11.9 Å². The standard InChI is InChI=1S/C17H32N2O.ClH/c1-2-3-7-16(15-5-4-6-15)19-17(20)9-8-14-10-12-18-13-11-14;/h14-16,18H,2-13H2,1H3,(H,19,20);1H. The van der Waals surface area contributed by atoms with Crippen LogP contribution in [0.4, 0.5) is 0 Å². The van der Waals surface area contributed by atoms with Crippen molar-refractivity contribution >= 4 is 18.3 Å². The molecule has 2 N–H and O–H groups in total. The molecule has 1 aliphatic carbocycles. The molecule has 1 heterocycles. The number of hydrogen-bond acceptors (Lipinski definition) is 2. The Hall–Kier alpha value is -0.280. The molecule has 1 saturated carbocycles. The molecule has 1 amide bonds. The van der Waals surface area contributed by atoms with Gasteiger partial charge in [0.05, 0.1) is 0 Å². The molecule has 0 aromatic heterocycles. The lowest BCUT2D eigenvalue weighted by Gasteiger charge is -2.34. The van der Waals surface area contributed by atoms with Crippen molar-refractivity contribution in [2.24, 2.45) is 11.8 Å². The maximum absolute atomic E-state index is 12.2. The Balaban J connectivity index is 0.00000220. The van der Waals surface area contributed by atoms with Gasteiger partial charge in [0.2, 0.25) is 5.91 Å². The predicted octanol–water partition coefficient (Wildman–Crippen LogP) is 3.66. The highest BCUT2D eigenvalue weighted by Gasteiger charge is 2.28. The SMILES string of the molecule is CCCCC(NC(=O)CCC1CCNCC1)C1CCC1.Cl. The molecule has 124 valence electrons. The zero-order valence-corrected chi connectivity index (χ0v) is 14.4. The second-order valence-corrected chi connectivity index (χ2v) is 6.74. The summed E-state index contributed by atoms with van der Waals surface area (Å²) in [7, 11) is 0. The third-order valence-corrected chi connectivity index (χ3v) is 5.17. The van der Waals surface area contributed by atoms with Gasteiger partial charge in [-0.3, -0.25) is 4.79 Å². The number of nitrogens with one attached hydrogen (secondary N) is 2. The molecular weight excluding hydrogens is 284 g/mol. The van der Waals surface area contributed by atoms with Gasteiger partial charge >= 0.3 is 0 Å². The summed E-state index contributed by atoms with van der Waals surface area (Å²) in [6.45, 7) is 4.50. The summed E-state index contributed by atoms with van der Waals surface area (Å²) in [5.74, 6) is 1.83. The van der Waals surface area contributed by atoms with Crippen molar-refractivity contribution in [2.75, 3.05) is 13.1 Å². The maximum Gasteiger partial charge on any atom is 0.220 e. The Morgan fingerprint density at radius 3 is 2.52 bits per heavy atom.